The summed E-state index contributed by atoms with van der Waals surface area (Å²) in [6.45, 7) is 6.81. The number of carbonyl (C=O) groups excluding carboxylic acids is 1. The van der Waals surface area contributed by atoms with E-state index in [0.717, 1.165) is 36.5 Å². The van der Waals surface area contributed by atoms with Crippen LogP contribution in [-0.4, -0.2) is 59.0 Å². The van der Waals surface area contributed by atoms with E-state index in [2.05, 4.69) is 27.1 Å². The third kappa shape index (κ3) is 4.89. The van der Waals surface area contributed by atoms with Crippen LogP contribution in [0.25, 0.3) is 11.0 Å². The number of fused-ring (bicyclic) bond motifs is 1. The normalized spacial score (nSPS) is 18.2. The Kier molecular flexibility index (Phi) is 6.38. The fourth-order valence-corrected chi connectivity index (χ4v) is 3.78. The molecule has 1 aromatic heterocycles. The molecule has 2 heterocycles. The molecule has 2 amide bonds. The zero-order chi connectivity index (χ0) is 18.5. The monoisotopic (exact) mass is 377 g/mol. The van der Waals surface area contributed by atoms with Crippen LogP contribution in [-0.2, 0) is 6.54 Å². The van der Waals surface area contributed by atoms with Crippen molar-refractivity contribution in [2.24, 2.45) is 5.92 Å². The smallest absolute Gasteiger partial charge is 0.317 e. The Morgan fingerprint density at radius 1 is 1.50 bits per heavy atom. The molecule has 0 saturated carbocycles. The van der Waals surface area contributed by atoms with Gasteiger partial charge in [-0.2, -0.15) is 0 Å². The van der Waals surface area contributed by atoms with Gasteiger partial charge in [0.1, 0.15) is 5.82 Å². The van der Waals surface area contributed by atoms with Crippen LogP contribution in [0.1, 0.15) is 32.0 Å². The second-order valence-corrected chi connectivity index (χ2v) is 7.63. The number of carbonyl (C=O) groups is 1. The van der Waals surface area contributed by atoms with Gasteiger partial charge in [-0.1, -0.05) is 18.5 Å². The van der Waals surface area contributed by atoms with E-state index >= 15 is 0 Å². The standard InChI is InChI=1S/C19H28ClN5O/c1-3-8-25-9-4-5-14(12-25)11-21-19(26)24(2)13-18-22-16-7-6-15(20)10-17(16)23-18/h6-7,10,14H,3-5,8-9,11-13H2,1-2H3,(H,21,26)(H,22,23)/t14-/m1/s1. The fourth-order valence-electron chi connectivity index (χ4n) is 3.61. The van der Waals surface area contributed by atoms with Gasteiger partial charge < -0.3 is 20.1 Å². The molecule has 0 aliphatic carbocycles. The summed E-state index contributed by atoms with van der Waals surface area (Å²) in [6.07, 6.45) is 3.59. The number of aromatic amines is 1. The summed E-state index contributed by atoms with van der Waals surface area (Å²) in [7, 11) is 1.79. The predicted molar refractivity (Wildman–Crippen MR) is 105 cm³/mol. The van der Waals surface area contributed by atoms with Crippen LogP contribution in [0.2, 0.25) is 5.02 Å². The lowest BCUT2D eigenvalue weighted by Crippen LogP contribution is -2.44. The maximum Gasteiger partial charge on any atom is 0.317 e. The lowest BCUT2D eigenvalue weighted by atomic mass is 9.98. The van der Waals surface area contributed by atoms with Gasteiger partial charge >= 0.3 is 6.03 Å². The quantitative estimate of drug-likeness (QED) is 0.810. The molecule has 0 unspecified atom stereocenters. The molecule has 0 bridgehead atoms. The van der Waals surface area contributed by atoms with E-state index < -0.39 is 0 Å². The van der Waals surface area contributed by atoms with E-state index in [9.17, 15) is 4.79 Å². The first-order chi connectivity index (χ1) is 12.5. The van der Waals surface area contributed by atoms with Crippen LogP contribution in [0.5, 0.6) is 0 Å². The second kappa shape index (κ2) is 8.73. The van der Waals surface area contributed by atoms with E-state index in [4.69, 9.17) is 11.6 Å². The van der Waals surface area contributed by atoms with Crippen molar-refractivity contribution in [3.63, 3.8) is 0 Å². The number of aromatic nitrogens is 2. The predicted octanol–water partition coefficient (Wildman–Crippen LogP) is 3.48. The van der Waals surface area contributed by atoms with Crippen molar-refractivity contribution < 1.29 is 4.79 Å². The zero-order valence-electron chi connectivity index (χ0n) is 15.6. The van der Waals surface area contributed by atoms with Crippen molar-refractivity contribution in [3.8, 4) is 0 Å². The summed E-state index contributed by atoms with van der Waals surface area (Å²) in [5.41, 5.74) is 1.75. The van der Waals surface area contributed by atoms with Gasteiger partial charge in [-0.25, -0.2) is 9.78 Å². The zero-order valence-corrected chi connectivity index (χ0v) is 16.4. The number of H-pyrrole nitrogens is 1. The molecule has 0 spiro atoms. The fraction of sp³-hybridized carbons (Fsp3) is 0.579. The van der Waals surface area contributed by atoms with Crippen molar-refractivity contribution >= 4 is 28.7 Å². The molecule has 3 rings (SSSR count). The number of urea groups is 1. The lowest BCUT2D eigenvalue weighted by Gasteiger charge is -2.32. The van der Waals surface area contributed by atoms with Gasteiger partial charge in [0.25, 0.3) is 0 Å². The van der Waals surface area contributed by atoms with Crippen molar-refractivity contribution in [3.05, 3.63) is 29.0 Å². The number of rotatable bonds is 6. The van der Waals surface area contributed by atoms with Crippen molar-refractivity contribution in [1.29, 1.82) is 0 Å². The molecule has 1 atom stereocenters. The minimum atomic E-state index is -0.0592. The third-order valence-electron chi connectivity index (χ3n) is 4.91. The molecule has 1 fully saturated rings. The van der Waals surface area contributed by atoms with Crippen LogP contribution in [0.15, 0.2) is 18.2 Å². The Labute approximate surface area is 159 Å². The second-order valence-electron chi connectivity index (χ2n) is 7.20. The van der Waals surface area contributed by atoms with E-state index in [1.807, 2.05) is 18.2 Å². The average molecular weight is 378 g/mol. The van der Waals surface area contributed by atoms with E-state index in [-0.39, 0.29) is 6.03 Å². The largest absolute Gasteiger partial charge is 0.340 e. The van der Waals surface area contributed by atoms with E-state index in [0.29, 0.717) is 17.5 Å². The molecule has 26 heavy (non-hydrogen) atoms. The van der Waals surface area contributed by atoms with Gasteiger partial charge in [0.15, 0.2) is 0 Å². The molecule has 0 radical (unpaired) electrons. The molecule has 142 valence electrons. The van der Waals surface area contributed by atoms with Crippen molar-refractivity contribution in [2.45, 2.75) is 32.7 Å². The van der Waals surface area contributed by atoms with Gasteiger partial charge in [0.05, 0.1) is 17.6 Å². The number of amides is 2. The molecule has 1 aliphatic rings. The number of benzene rings is 1. The van der Waals surface area contributed by atoms with Crippen molar-refractivity contribution in [2.75, 3.05) is 33.2 Å². The Morgan fingerprint density at radius 3 is 3.15 bits per heavy atom. The number of piperidine rings is 1. The summed E-state index contributed by atoms with van der Waals surface area (Å²) in [6, 6.07) is 5.48. The van der Waals surface area contributed by atoms with Gasteiger partial charge in [-0.3, -0.25) is 0 Å². The molecule has 1 aliphatic heterocycles. The highest BCUT2D eigenvalue weighted by atomic mass is 35.5. The number of nitrogens with one attached hydrogen (secondary N) is 2. The van der Waals surface area contributed by atoms with Crippen LogP contribution in [0, 0.1) is 5.92 Å². The molecule has 1 saturated heterocycles. The SMILES string of the molecule is CCCN1CCC[C@H](CNC(=O)N(C)Cc2nc3ccc(Cl)cc3[nH]2)C1. The summed E-state index contributed by atoms with van der Waals surface area (Å²) in [4.78, 5) is 24.3. The number of likely N-dealkylation sites (tertiary alicyclic amines) is 1. The average Bonchev–Trinajstić information content (AvgIpc) is 3.01. The summed E-state index contributed by atoms with van der Waals surface area (Å²) < 4.78 is 0. The van der Waals surface area contributed by atoms with Crippen LogP contribution < -0.4 is 5.32 Å². The first-order valence-electron chi connectivity index (χ1n) is 9.40. The van der Waals surface area contributed by atoms with Crippen LogP contribution in [0.4, 0.5) is 4.79 Å². The molecule has 1 aromatic carbocycles. The summed E-state index contributed by atoms with van der Waals surface area (Å²) in [5.74, 6) is 1.30. The third-order valence-corrected chi connectivity index (χ3v) is 5.15. The maximum absolute atomic E-state index is 12.4. The van der Waals surface area contributed by atoms with Gasteiger partial charge in [0, 0.05) is 25.2 Å². The number of hydrogen-bond acceptors (Lipinski definition) is 3. The highest BCUT2D eigenvalue weighted by Crippen LogP contribution is 2.18. The topological polar surface area (TPSA) is 64.3 Å². The molecule has 2 aromatic rings. The molecule has 7 heteroatoms. The lowest BCUT2D eigenvalue weighted by molar-refractivity contribution is 0.167. The minimum Gasteiger partial charge on any atom is -0.340 e. The van der Waals surface area contributed by atoms with Crippen LogP contribution in [0.3, 0.4) is 0 Å². The number of nitrogens with zero attached hydrogens (tertiary/aromatic N) is 3. The van der Waals surface area contributed by atoms with Crippen molar-refractivity contribution in [1.82, 2.24) is 25.1 Å². The first-order valence-corrected chi connectivity index (χ1v) is 9.78. The Hall–Kier alpha value is -1.79. The Morgan fingerprint density at radius 2 is 2.35 bits per heavy atom. The summed E-state index contributed by atoms with van der Waals surface area (Å²) >= 11 is 6.00. The number of hydrogen-bond donors (Lipinski definition) is 2. The Balaban J connectivity index is 1.49. The molecule has 2 N–H and O–H groups in total. The molecular formula is C19H28ClN5O. The number of imidazole rings is 1. The van der Waals surface area contributed by atoms with Crippen LogP contribution >= 0.6 is 11.6 Å². The van der Waals surface area contributed by atoms with Gasteiger partial charge in [-0.15, -0.1) is 0 Å². The molecule has 6 nitrogen and oxygen atoms in total. The van der Waals surface area contributed by atoms with E-state index in [1.54, 1.807) is 11.9 Å². The number of halogens is 1. The first kappa shape index (κ1) is 19.0. The summed E-state index contributed by atoms with van der Waals surface area (Å²) in [5, 5.41) is 3.75. The minimum absolute atomic E-state index is 0.0592. The van der Waals surface area contributed by atoms with Gasteiger partial charge in [0.2, 0.25) is 0 Å². The van der Waals surface area contributed by atoms with E-state index in [1.165, 1.54) is 25.8 Å². The highest BCUT2D eigenvalue weighted by Gasteiger charge is 2.20. The Bertz CT molecular complexity index is 745. The molecular weight excluding hydrogens is 350 g/mol. The maximum atomic E-state index is 12.4. The van der Waals surface area contributed by atoms with Gasteiger partial charge in [-0.05, 0) is 56.5 Å². The highest BCUT2D eigenvalue weighted by molar-refractivity contribution is 6.31.